The highest BCUT2D eigenvalue weighted by atomic mass is 19.1. The summed E-state index contributed by atoms with van der Waals surface area (Å²) in [6.45, 7) is -0.116. The summed E-state index contributed by atoms with van der Waals surface area (Å²) in [5, 5.41) is 7.63. The third-order valence-electron chi connectivity index (χ3n) is 4.26. The van der Waals surface area contributed by atoms with Crippen LogP contribution in [0.3, 0.4) is 0 Å². The van der Waals surface area contributed by atoms with Crippen molar-refractivity contribution in [1.82, 2.24) is 20.2 Å². The van der Waals surface area contributed by atoms with E-state index in [2.05, 4.69) is 15.3 Å². The fraction of sp³-hybridized carbons (Fsp3) is 0.143. The minimum Gasteiger partial charge on any atom is -0.482 e. The molecular formula is C21H16F2N4O4. The van der Waals surface area contributed by atoms with Crippen LogP contribution < -0.4 is 4.74 Å². The van der Waals surface area contributed by atoms with E-state index in [1.807, 2.05) is 30.3 Å². The minimum absolute atomic E-state index is 0.0310. The number of carbonyl (C=O) groups excluding carboxylic acids is 1. The predicted molar refractivity (Wildman–Crippen MR) is 103 cm³/mol. The number of amides is 1. The van der Waals surface area contributed by atoms with Gasteiger partial charge in [-0.3, -0.25) is 4.79 Å². The Morgan fingerprint density at radius 2 is 1.87 bits per heavy atom. The monoisotopic (exact) mass is 426 g/mol. The summed E-state index contributed by atoms with van der Waals surface area (Å²) in [6.07, 6.45) is 0. The molecule has 2 aromatic carbocycles. The first kappa shape index (κ1) is 20.2. The first-order valence-corrected chi connectivity index (χ1v) is 9.16. The molecule has 0 atom stereocenters. The molecule has 0 aliphatic rings. The number of carbonyl (C=O) groups is 1. The predicted octanol–water partition coefficient (Wildman–Crippen LogP) is 3.85. The molecule has 0 saturated heterocycles. The van der Waals surface area contributed by atoms with Gasteiger partial charge in [0.25, 0.3) is 5.91 Å². The zero-order chi connectivity index (χ0) is 21.8. The van der Waals surface area contributed by atoms with Gasteiger partial charge in [-0.05, 0) is 12.1 Å². The Bertz CT molecular complexity index is 1190. The lowest BCUT2D eigenvalue weighted by molar-refractivity contribution is 0.0759. The maximum absolute atomic E-state index is 13.6. The van der Waals surface area contributed by atoms with Crippen molar-refractivity contribution in [2.45, 2.75) is 13.2 Å². The van der Waals surface area contributed by atoms with Crippen molar-refractivity contribution in [2.75, 3.05) is 7.05 Å². The van der Waals surface area contributed by atoms with Gasteiger partial charge in [0.15, 0.2) is 23.0 Å². The van der Waals surface area contributed by atoms with Crippen LogP contribution in [0.1, 0.15) is 22.1 Å². The van der Waals surface area contributed by atoms with Crippen LogP contribution in [0.15, 0.2) is 63.6 Å². The molecule has 2 heterocycles. The normalized spacial score (nSPS) is 10.8. The van der Waals surface area contributed by atoms with Gasteiger partial charge in [0.05, 0.1) is 0 Å². The van der Waals surface area contributed by atoms with Gasteiger partial charge in [-0.25, -0.2) is 8.78 Å². The number of hydrogen-bond donors (Lipinski definition) is 0. The van der Waals surface area contributed by atoms with Crippen LogP contribution in [0.4, 0.5) is 8.78 Å². The summed E-state index contributed by atoms with van der Waals surface area (Å²) in [7, 11) is 1.55. The maximum atomic E-state index is 13.6. The smallest absolute Gasteiger partial charge is 0.276 e. The molecule has 2 aromatic heterocycles. The number of benzene rings is 2. The highest BCUT2D eigenvalue weighted by Gasteiger charge is 2.20. The largest absolute Gasteiger partial charge is 0.482 e. The van der Waals surface area contributed by atoms with Gasteiger partial charge in [-0.1, -0.05) is 40.6 Å². The van der Waals surface area contributed by atoms with Gasteiger partial charge >= 0.3 is 0 Å². The zero-order valence-electron chi connectivity index (χ0n) is 16.3. The lowest BCUT2D eigenvalue weighted by atomic mass is 10.2. The Hall–Kier alpha value is -4.08. The van der Waals surface area contributed by atoms with Gasteiger partial charge in [0.1, 0.15) is 19.0 Å². The molecule has 0 radical (unpaired) electrons. The number of nitrogens with zero attached hydrogens (tertiary/aromatic N) is 4. The molecule has 0 bridgehead atoms. The topological polar surface area (TPSA) is 94.5 Å². The zero-order valence-corrected chi connectivity index (χ0v) is 16.3. The molecule has 8 nitrogen and oxygen atoms in total. The summed E-state index contributed by atoms with van der Waals surface area (Å²) in [4.78, 5) is 18.2. The van der Waals surface area contributed by atoms with E-state index in [-0.39, 0.29) is 36.2 Å². The van der Waals surface area contributed by atoms with E-state index in [1.165, 1.54) is 11.0 Å². The van der Waals surface area contributed by atoms with Gasteiger partial charge in [-0.15, -0.1) is 0 Å². The van der Waals surface area contributed by atoms with Crippen LogP contribution in [-0.4, -0.2) is 33.2 Å². The number of rotatable bonds is 7. The average Bonchev–Trinajstić information content (AvgIpc) is 3.43. The summed E-state index contributed by atoms with van der Waals surface area (Å²) < 4.78 is 42.1. The second kappa shape index (κ2) is 8.74. The van der Waals surface area contributed by atoms with Crippen LogP contribution in [0, 0.1) is 11.6 Å². The van der Waals surface area contributed by atoms with Crippen molar-refractivity contribution < 1.29 is 27.4 Å². The van der Waals surface area contributed by atoms with E-state index >= 15 is 0 Å². The molecule has 158 valence electrons. The molecular weight excluding hydrogens is 410 g/mol. The Balaban J connectivity index is 1.36. The van der Waals surface area contributed by atoms with Gasteiger partial charge < -0.3 is 18.7 Å². The Morgan fingerprint density at radius 1 is 1.06 bits per heavy atom. The second-order valence-corrected chi connectivity index (χ2v) is 6.58. The van der Waals surface area contributed by atoms with Crippen LogP contribution in [0.25, 0.3) is 11.4 Å². The highest BCUT2D eigenvalue weighted by Crippen LogP contribution is 2.20. The van der Waals surface area contributed by atoms with Gasteiger partial charge in [-0.2, -0.15) is 4.98 Å². The standard InChI is InChI=1S/C21H16F2N4O4/c1-27(11-19-24-20(26-31-19)13-5-3-2-4-6-13)21(28)17-10-15(30-25-17)12-29-18-8-7-14(22)9-16(18)23/h2-10H,11-12H2,1H3. The van der Waals surface area contributed by atoms with Crippen molar-refractivity contribution in [3.05, 3.63) is 83.6 Å². The van der Waals surface area contributed by atoms with Crippen molar-refractivity contribution in [3.8, 4) is 17.1 Å². The Kier molecular flexibility index (Phi) is 5.69. The van der Waals surface area contributed by atoms with E-state index in [0.29, 0.717) is 11.9 Å². The lowest BCUT2D eigenvalue weighted by Crippen LogP contribution is -2.26. The van der Waals surface area contributed by atoms with Gasteiger partial charge in [0.2, 0.25) is 11.7 Å². The van der Waals surface area contributed by atoms with Crippen molar-refractivity contribution >= 4 is 5.91 Å². The number of halogens is 2. The number of aromatic nitrogens is 3. The van der Waals surface area contributed by atoms with Crippen molar-refractivity contribution in [1.29, 1.82) is 0 Å². The molecule has 10 heteroatoms. The highest BCUT2D eigenvalue weighted by molar-refractivity contribution is 5.91. The summed E-state index contributed by atoms with van der Waals surface area (Å²) in [5.41, 5.74) is 0.827. The Morgan fingerprint density at radius 3 is 2.65 bits per heavy atom. The first-order chi connectivity index (χ1) is 15.0. The minimum atomic E-state index is -0.843. The van der Waals surface area contributed by atoms with Crippen molar-refractivity contribution in [3.63, 3.8) is 0 Å². The summed E-state index contributed by atoms with van der Waals surface area (Å²) in [6, 6.07) is 13.6. The maximum Gasteiger partial charge on any atom is 0.276 e. The molecule has 0 aliphatic heterocycles. The molecule has 4 rings (SSSR count). The lowest BCUT2D eigenvalue weighted by Gasteiger charge is -2.12. The molecule has 0 aliphatic carbocycles. The van der Waals surface area contributed by atoms with E-state index < -0.39 is 17.5 Å². The molecule has 0 spiro atoms. The number of ether oxygens (including phenoxy) is 1. The van der Waals surface area contributed by atoms with Crippen LogP contribution in [0.2, 0.25) is 0 Å². The molecule has 31 heavy (non-hydrogen) atoms. The molecule has 4 aromatic rings. The van der Waals surface area contributed by atoms with E-state index in [4.69, 9.17) is 13.8 Å². The molecule has 1 amide bonds. The Labute approximate surface area is 175 Å². The quantitative estimate of drug-likeness (QED) is 0.443. The van der Waals surface area contributed by atoms with E-state index in [9.17, 15) is 13.6 Å². The molecule has 0 fully saturated rings. The molecule has 0 N–H and O–H groups in total. The van der Waals surface area contributed by atoms with Crippen LogP contribution in [-0.2, 0) is 13.2 Å². The number of hydrogen-bond acceptors (Lipinski definition) is 7. The third kappa shape index (κ3) is 4.74. The van der Waals surface area contributed by atoms with E-state index in [1.54, 1.807) is 7.05 Å². The second-order valence-electron chi connectivity index (χ2n) is 6.58. The summed E-state index contributed by atoms with van der Waals surface area (Å²) >= 11 is 0. The SMILES string of the molecule is CN(Cc1nc(-c2ccccc2)no1)C(=O)c1cc(COc2ccc(F)cc2F)on1. The summed E-state index contributed by atoms with van der Waals surface area (Å²) in [5.74, 6) is -1.26. The van der Waals surface area contributed by atoms with E-state index in [0.717, 1.165) is 17.7 Å². The first-order valence-electron chi connectivity index (χ1n) is 9.16. The van der Waals surface area contributed by atoms with Crippen LogP contribution >= 0.6 is 0 Å². The van der Waals surface area contributed by atoms with Crippen molar-refractivity contribution in [2.24, 2.45) is 0 Å². The van der Waals surface area contributed by atoms with Gasteiger partial charge in [0, 0.05) is 24.7 Å². The van der Waals surface area contributed by atoms with Crippen LogP contribution in [0.5, 0.6) is 5.75 Å². The molecule has 0 saturated carbocycles. The molecule has 0 unspecified atom stereocenters. The third-order valence-corrected chi connectivity index (χ3v) is 4.26. The fourth-order valence-electron chi connectivity index (χ4n) is 2.72. The fourth-order valence-corrected chi connectivity index (χ4v) is 2.72. The average molecular weight is 426 g/mol.